The molecule has 0 bridgehead atoms. The Kier molecular flexibility index (Phi) is 7.20. The lowest BCUT2D eigenvalue weighted by Crippen LogP contribution is -2.36. The van der Waals surface area contributed by atoms with E-state index in [-0.39, 0.29) is 12.4 Å². The van der Waals surface area contributed by atoms with Gasteiger partial charge in [0.2, 0.25) is 0 Å². The molecular weight excluding hydrogens is 518 g/mol. The van der Waals surface area contributed by atoms with Gasteiger partial charge in [0.05, 0.1) is 28.6 Å². The van der Waals surface area contributed by atoms with Gasteiger partial charge < -0.3 is 20.1 Å². The highest BCUT2D eigenvalue weighted by Crippen LogP contribution is 2.47. The number of allylic oxidation sites excluding steroid dienone is 3. The summed E-state index contributed by atoms with van der Waals surface area (Å²) in [4.78, 5) is 14.8. The standard InChI is InChI=1S/C26H25BrClN3O3/c1-3-33-22-12-16(11-18(27)25(22)34-14-15-7-4-5-8-19(15)28)23-17(13-29)26(30)31(2)20-9-6-10-21(32)24(20)23/h4-5,7-8,11-12,23H,3,6,9-10,14,30H2,1-2H3/t23-/m0/s1. The van der Waals surface area contributed by atoms with E-state index >= 15 is 0 Å². The summed E-state index contributed by atoms with van der Waals surface area (Å²) in [6.45, 7) is 2.57. The topological polar surface area (TPSA) is 88.6 Å². The Morgan fingerprint density at radius 2 is 2.03 bits per heavy atom. The van der Waals surface area contributed by atoms with Crippen LogP contribution in [0.5, 0.6) is 11.5 Å². The summed E-state index contributed by atoms with van der Waals surface area (Å²) in [7, 11) is 1.81. The maximum absolute atomic E-state index is 13.0. The molecule has 1 heterocycles. The van der Waals surface area contributed by atoms with E-state index in [0.717, 1.165) is 29.7 Å². The van der Waals surface area contributed by atoms with Crippen molar-refractivity contribution in [1.29, 1.82) is 5.26 Å². The van der Waals surface area contributed by atoms with Gasteiger partial charge in [-0.2, -0.15) is 5.26 Å². The molecule has 0 spiro atoms. The van der Waals surface area contributed by atoms with Gasteiger partial charge in [-0.15, -0.1) is 0 Å². The molecule has 34 heavy (non-hydrogen) atoms. The summed E-state index contributed by atoms with van der Waals surface area (Å²) in [5, 5.41) is 10.6. The lowest BCUT2D eigenvalue weighted by Gasteiger charge is -2.37. The van der Waals surface area contributed by atoms with E-state index in [1.54, 1.807) is 4.90 Å². The Bertz CT molecular complexity index is 1250. The molecule has 0 saturated carbocycles. The van der Waals surface area contributed by atoms with E-state index in [2.05, 4.69) is 22.0 Å². The van der Waals surface area contributed by atoms with Crippen molar-refractivity contribution in [2.24, 2.45) is 5.73 Å². The molecule has 1 atom stereocenters. The Labute approximate surface area is 212 Å². The maximum atomic E-state index is 13.0. The van der Waals surface area contributed by atoms with E-state index in [9.17, 15) is 10.1 Å². The number of carbonyl (C=O) groups excluding carboxylic acids is 1. The lowest BCUT2D eigenvalue weighted by atomic mass is 9.76. The molecule has 0 fully saturated rings. The lowest BCUT2D eigenvalue weighted by molar-refractivity contribution is -0.116. The van der Waals surface area contributed by atoms with Crippen LogP contribution in [0.25, 0.3) is 0 Å². The second-order valence-corrected chi connectivity index (χ2v) is 9.44. The highest BCUT2D eigenvalue weighted by atomic mass is 79.9. The van der Waals surface area contributed by atoms with Crippen molar-refractivity contribution in [3.8, 4) is 17.6 Å². The summed E-state index contributed by atoms with van der Waals surface area (Å²) in [5.41, 5.74) is 9.83. The van der Waals surface area contributed by atoms with Crippen LogP contribution in [0.1, 0.15) is 43.2 Å². The molecule has 0 radical (unpaired) electrons. The number of halogens is 2. The molecule has 6 nitrogen and oxygen atoms in total. The van der Waals surface area contributed by atoms with Crippen LogP contribution in [0, 0.1) is 11.3 Å². The van der Waals surface area contributed by atoms with Crippen LogP contribution >= 0.6 is 27.5 Å². The first kappa shape index (κ1) is 24.2. The van der Waals surface area contributed by atoms with Crippen molar-refractivity contribution in [2.45, 2.75) is 38.7 Å². The number of Topliss-reactive ketones (excluding diaryl/α,β-unsaturated/α-hetero) is 1. The van der Waals surface area contributed by atoms with Crippen molar-refractivity contribution in [2.75, 3.05) is 13.7 Å². The first-order valence-corrected chi connectivity index (χ1v) is 12.3. The second kappa shape index (κ2) is 10.1. The third kappa shape index (κ3) is 4.40. The summed E-state index contributed by atoms with van der Waals surface area (Å²) in [5.74, 6) is 0.898. The zero-order chi connectivity index (χ0) is 24.4. The maximum Gasteiger partial charge on any atom is 0.175 e. The number of nitrogens with zero attached hydrogens (tertiary/aromatic N) is 2. The van der Waals surface area contributed by atoms with E-state index in [4.69, 9.17) is 26.8 Å². The molecule has 8 heteroatoms. The average molecular weight is 543 g/mol. The number of ketones is 1. The smallest absolute Gasteiger partial charge is 0.175 e. The molecule has 176 valence electrons. The number of rotatable bonds is 6. The first-order chi connectivity index (χ1) is 16.4. The minimum absolute atomic E-state index is 0.0477. The molecular formula is C26H25BrClN3O3. The molecule has 2 aromatic rings. The van der Waals surface area contributed by atoms with E-state index in [0.29, 0.717) is 51.0 Å². The van der Waals surface area contributed by atoms with Crippen LogP contribution in [0.3, 0.4) is 0 Å². The predicted molar refractivity (Wildman–Crippen MR) is 134 cm³/mol. The van der Waals surface area contributed by atoms with Gasteiger partial charge in [0.15, 0.2) is 17.3 Å². The van der Waals surface area contributed by atoms with Gasteiger partial charge in [0, 0.05) is 35.3 Å². The molecule has 0 unspecified atom stereocenters. The summed E-state index contributed by atoms with van der Waals surface area (Å²) in [6, 6.07) is 13.4. The molecule has 4 rings (SSSR count). The number of hydrogen-bond donors (Lipinski definition) is 1. The SMILES string of the molecule is CCOc1cc([C@H]2C(C#N)=C(N)N(C)C3=C2C(=O)CCC3)cc(Br)c1OCc1ccccc1Cl. The molecule has 0 amide bonds. The van der Waals surface area contributed by atoms with Gasteiger partial charge in [-0.25, -0.2) is 0 Å². The fourth-order valence-corrected chi connectivity index (χ4v) is 5.28. The second-order valence-electron chi connectivity index (χ2n) is 8.18. The Balaban J connectivity index is 1.79. The first-order valence-electron chi connectivity index (χ1n) is 11.1. The monoisotopic (exact) mass is 541 g/mol. The third-order valence-corrected chi connectivity index (χ3v) is 7.12. The Morgan fingerprint density at radius 3 is 2.74 bits per heavy atom. The summed E-state index contributed by atoms with van der Waals surface area (Å²) >= 11 is 9.90. The molecule has 2 aliphatic rings. The molecule has 2 aromatic carbocycles. The molecule has 1 aliphatic heterocycles. The number of nitrogens with two attached hydrogens (primary N) is 1. The summed E-state index contributed by atoms with van der Waals surface area (Å²) < 4.78 is 12.7. The summed E-state index contributed by atoms with van der Waals surface area (Å²) in [6.07, 6.45) is 1.97. The van der Waals surface area contributed by atoms with Gasteiger partial charge >= 0.3 is 0 Å². The third-order valence-electron chi connectivity index (χ3n) is 6.16. The highest BCUT2D eigenvalue weighted by molar-refractivity contribution is 9.10. The van der Waals surface area contributed by atoms with Crippen LogP contribution in [0.2, 0.25) is 5.02 Å². The van der Waals surface area contributed by atoms with E-state index < -0.39 is 5.92 Å². The number of carbonyl (C=O) groups is 1. The normalized spacial score (nSPS) is 18.0. The fraction of sp³-hybridized carbons (Fsp3) is 0.308. The molecule has 1 aliphatic carbocycles. The number of nitriles is 1. The Hall–Kier alpha value is -2.95. The van der Waals surface area contributed by atoms with Crippen LogP contribution in [0.4, 0.5) is 0 Å². The van der Waals surface area contributed by atoms with Crippen molar-refractivity contribution < 1.29 is 14.3 Å². The predicted octanol–water partition coefficient (Wildman–Crippen LogP) is 5.81. The molecule has 0 aromatic heterocycles. The van der Waals surface area contributed by atoms with Crippen LogP contribution < -0.4 is 15.2 Å². The minimum Gasteiger partial charge on any atom is -0.490 e. The number of hydrogen-bond acceptors (Lipinski definition) is 6. The zero-order valence-corrected chi connectivity index (χ0v) is 21.4. The molecule has 2 N–H and O–H groups in total. The van der Waals surface area contributed by atoms with Gasteiger partial charge in [-0.1, -0.05) is 29.8 Å². The van der Waals surface area contributed by atoms with Crippen molar-refractivity contribution in [3.05, 3.63) is 79.7 Å². The van der Waals surface area contributed by atoms with Gasteiger partial charge in [-0.05, 0) is 59.5 Å². The quantitative estimate of drug-likeness (QED) is 0.495. The van der Waals surface area contributed by atoms with Gasteiger partial charge in [0.25, 0.3) is 0 Å². The Morgan fingerprint density at radius 1 is 1.26 bits per heavy atom. The zero-order valence-electron chi connectivity index (χ0n) is 19.0. The van der Waals surface area contributed by atoms with E-state index in [1.165, 1.54) is 0 Å². The number of ether oxygens (including phenoxy) is 2. The fourth-order valence-electron chi connectivity index (χ4n) is 4.52. The minimum atomic E-state index is -0.558. The van der Waals surface area contributed by atoms with Crippen LogP contribution in [0.15, 0.2) is 63.5 Å². The van der Waals surface area contributed by atoms with Gasteiger partial charge in [0.1, 0.15) is 12.4 Å². The van der Waals surface area contributed by atoms with Crippen molar-refractivity contribution in [1.82, 2.24) is 4.90 Å². The largest absolute Gasteiger partial charge is 0.490 e. The van der Waals surface area contributed by atoms with Crippen LogP contribution in [-0.2, 0) is 11.4 Å². The highest BCUT2D eigenvalue weighted by Gasteiger charge is 2.39. The van der Waals surface area contributed by atoms with Gasteiger partial charge in [-0.3, -0.25) is 4.79 Å². The van der Waals surface area contributed by atoms with E-state index in [1.807, 2.05) is 50.4 Å². The van der Waals surface area contributed by atoms with Crippen molar-refractivity contribution >= 4 is 33.3 Å². The van der Waals surface area contributed by atoms with Crippen LogP contribution in [-0.4, -0.2) is 24.3 Å². The number of benzene rings is 2. The molecule has 0 saturated heterocycles. The average Bonchev–Trinajstić information content (AvgIpc) is 2.82. The van der Waals surface area contributed by atoms with Crippen molar-refractivity contribution in [3.63, 3.8) is 0 Å².